The van der Waals surface area contributed by atoms with E-state index in [1.165, 1.54) is 9.47 Å². The van der Waals surface area contributed by atoms with Crippen molar-refractivity contribution in [2.75, 3.05) is 13.1 Å². The first kappa shape index (κ1) is 18.1. The number of amides is 1. The lowest BCUT2D eigenvalue weighted by Crippen LogP contribution is -2.45. The second kappa shape index (κ2) is 7.03. The van der Waals surface area contributed by atoms with Crippen molar-refractivity contribution in [1.82, 2.24) is 14.5 Å². The normalized spacial score (nSPS) is 15.1. The molecule has 0 aliphatic carbocycles. The number of halogens is 2. The topological polar surface area (TPSA) is 75.2 Å². The number of para-hydroxylation sites is 1. The number of benzene rings is 2. The minimum atomic E-state index is -0.782. The van der Waals surface area contributed by atoms with Gasteiger partial charge in [0.2, 0.25) is 0 Å². The van der Waals surface area contributed by atoms with Gasteiger partial charge in [0.05, 0.1) is 16.5 Å². The molecule has 0 spiro atoms. The number of rotatable bonds is 2. The van der Waals surface area contributed by atoms with E-state index in [1.54, 1.807) is 24.3 Å². The van der Waals surface area contributed by atoms with Crippen molar-refractivity contribution in [3.05, 3.63) is 80.5 Å². The number of hydrogen-bond acceptors (Lipinski definition) is 3. The lowest BCUT2D eigenvalue weighted by Gasteiger charge is -2.32. The first-order valence-corrected chi connectivity index (χ1v) is 8.93. The Morgan fingerprint density at radius 2 is 1.75 bits per heavy atom. The molecule has 1 saturated heterocycles. The summed E-state index contributed by atoms with van der Waals surface area (Å²) in [6, 6.07) is 9.15. The molecule has 6 nitrogen and oxygen atoms in total. The van der Waals surface area contributed by atoms with Crippen LogP contribution in [0.2, 0.25) is 0 Å². The fourth-order valence-electron chi connectivity index (χ4n) is 3.67. The van der Waals surface area contributed by atoms with Crippen LogP contribution in [-0.2, 0) is 0 Å². The highest BCUT2D eigenvalue weighted by Gasteiger charge is 2.28. The summed E-state index contributed by atoms with van der Waals surface area (Å²) in [4.78, 5) is 41.8. The van der Waals surface area contributed by atoms with Crippen LogP contribution in [0.1, 0.15) is 29.2 Å². The molecular formula is C20H17F2N3O3. The third-order valence-corrected chi connectivity index (χ3v) is 5.11. The van der Waals surface area contributed by atoms with Gasteiger partial charge in [0.15, 0.2) is 0 Å². The number of likely N-dealkylation sites (tertiary alicyclic amines) is 1. The summed E-state index contributed by atoms with van der Waals surface area (Å²) >= 11 is 0. The summed E-state index contributed by atoms with van der Waals surface area (Å²) in [5.74, 6) is -2.07. The molecule has 28 heavy (non-hydrogen) atoms. The van der Waals surface area contributed by atoms with Crippen LogP contribution < -0.4 is 11.2 Å². The number of nitrogens with one attached hydrogen (secondary N) is 1. The van der Waals surface area contributed by atoms with E-state index in [2.05, 4.69) is 4.98 Å². The number of aromatic amines is 1. The fraction of sp³-hybridized carbons (Fsp3) is 0.250. The third-order valence-electron chi connectivity index (χ3n) is 5.11. The minimum absolute atomic E-state index is 0.234. The molecule has 8 heteroatoms. The van der Waals surface area contributed by atoms with Crippen LogP contribution in [0.15, 0.2) is 52.1 Å². The zero-order chi connectivity index (χ0) is 19.8. The van der Waals surface area contributed by atoms with E-state index in [-0.39, 0.29) is 30.3 Å². The Morgan fingerprint density at radius 3 is 2.50 bits per heavy atom. The van der Waals surface area contributed by atoms with Crippen LogP contribution in [0, 0.1) is 11.6 Å². The smallest absolute Gasteiger partial charge is 0.329 e. The van der Waals surface area contributed by atoms with Gasteiger partial charge in [-0.05, 0) is 43.2 Å². The van der Waals surface area contributed by atoms with Gasteiger partial charge < -0.3 is 9.88 Å². The van der Waals surface area contributed by atoms with E-state index in [9.17, 15) is 23.2 Å². The van der Waals surface area contributed by atoms with Gasteiger partial charge in [-0.15, -0.1) is 0 Å². The maximum atomic E-state index is 13.9. The van der Waals surface area contributed by atoms with E-state index in [1.807, 2.05) is 0 Å². The van der Waals surface area contributed by atoms with Crippen molar-refractivity contribution in [3.63, 3.8) is 0 Å². The Morgan fingerprint density at radius 1 is 1.04 bits per heavy atom. The van der Waals surface area contributed by atoms with Crippen molar-refractivity contribution >= 4 is 16.8 Å². The van der Waals surface area contributed by atoms with Gasteiger partial charge in [-0.1, -0.05) is 12.1 Å². The van der Waals surface area contributed by atoms with Crippen LogP contribution >= 0.6 is 0 Å². The van der Waals surface area contributed by atoms with Crippen LogP contribution in [0.3, 0.4) is 0 Å². The van der Waals surface area contributed by atoms with E-state index >= 15 is 0 Å². The number of fused-ring (bicyclic) bond motifs is 1. The first-order valence-electron chi connectivity index (χ1n) is 8.93. The SMILES string of the molecule is O=C(c1cc(F)ccc1F)N1CCC(n2c(=O)[nH]c3ccccc3c2=O)CC1. The molecule has 2 heterocycles. The van der Waals surface area contributed by atoms with Crippen LogP contribution in [0.4, 0.5) is 8.78 Å². The first-order chi connectivity index (χ1) is 13.5. The van der Waals surface area contributed by atoms with Crippen LogP contribution in [0.25, 0.3) is 10.9 Å². The molecule has 144 valence electrons. The highest BCUT2D eigenvalue weighted by atomic mass is 19.1. The standard InChI is InChI=1S/C20H17F2N3O3/c21-12-5-6-16(22)15(11-12)18(26)24-9-7-13(8-10-24)25-19(27)14-3-1-2-4-17(14)23-20(25)28/h1-6,11,13H,7-10H2,(H,23,28). The van der Waals surface area contributed by atoms with Crippen LogP contribution in [-0.4, -0.2) is 33.4 Å². The Labute approximate surface area is 158 Å². The maximum absolute atomic E-state index is 13.9. The number of piperidine rings is 1. The van der Waals surface area contributed by atoms with Crippen molar-refractivity contribution in [2.24, 2.45) is 0 Å². The van der Waals surface area contributed by atoms with Crippen molar-refractivity contribution in [1.29, 1.82) is 0 Å². The summed E-state index contributed by atoms with van der Waals surface area (Å²) in [6.45, 7) is 0.469. The summed E-state index contributed by atoms with van der Waals surface area (Å²) in [7, 11) is 0. The summed E-state index contributed by atoms with van der Waals surface area (Å²) in [5.41, 5.74) is -0.716. The quantitative estimate of drug-likeness (QED) is 0.736. The Bertz CT molecular complexity index is 1180. The number of carbonyl (C=O) groups excluding carboxylic acids is 1. The van der Waals surface area contributed by atoms with Gasteiger partial charge in [-0.2, -0.15) is 0 Å². The monoisotopic (exact) mass is 385 g/mol. The third kappa shape index (κ3) is 3.11. The number of aromatic nitrogens is 2. The van der Waals surface area contributed by atoms with Gasteiger partial charge in [0.1, 0.15) is 11.6 Å². The minimum Gasteiger partial charge on any atom is -0.338 e. The summed E-state index contributed by atoms with van der Waals surface area (Å²) < 4.78 is 28.4. The summed E-state index contributed by atoms with van der Waals surface area (Å²) in [6.07, 6.45) is 0.730. The van der Waals surface area contributed by atoms with Gasteiger partial charge in [0.25, 0.3) is 11.5 Å². The molecule has 1 amide bonds. The molecule has 4 rings (SSSR count). The molecule has 1 aromatic heterocycles. The molecule has 1 aliphatic rings. The van der Waals surface area contributed by atoms with Gasteiger partial charge in [0, 0.05) is 19.1 Å². The molecule has 0 bridgehead atoms. The predicted molar refractivity (Wildman–Crippen MR) is 99.4 cm³/mol. The number of H-pyrrole nitrogens is 1. The molecule has 0 unspecified atom stereocenters. The number of nitrogens with zero attached hydrogens (tertiary/aromatic N) is 2. The van der Waals surface area contributed by atoms with Crippen molar-refractivity contribution < 1.29 is 13.6 Å². The molecule has 1 fully saturated rings. The second-order valence-electron chi connectivity index (χ2n) is 6.80. The van der Waals surface area contributed by atoms with Crippen molar-refractivity contribution in [2.45, 2.75) is 18.9 Å². The highest BCUT2D eigenvalue weighted by molar-refractivity contribution is 5.94. The second-order valence-corrected chi connectivity index (χ2v) is 6.80. The number of carbonyl (C=O) groups is 1. The molecule has 0 radical (unpaired) electrons. The molecule has 1 N–H and O–H groups in total. The van der Waals surface area contributed by atoms with E-state index in [0.717, 1.165) is 18.2 Å². The zero-order valence-electron chi connectivity index (χ0n) is 14.8. The van der Waals surface area contributed by atoms with Crippen LogP contribution in [0.5, 0.6) is 0 Å². The van der Waals surface area contributed by atoms with Gasteiger partial charge >= 0.3 is 5.69 Å². The van der Waals surface area contributed by atoms with Gasteiger partial charge in [-0.25, -0.2) is 13.6 Å². The van der Waals surface area contributed by atoms with E-state index in [4.69, 9.17) is 0 Å². The Balaban J connectivity index is 1.57. The predicted octanol–water partition coefficient (Wildman–Crippen LogP) is 2.45. The average molecular weight is 385 g/mol. The fourth-order valence-corrected chi connectivity index (χ4v) is 3.67. The highest BCUT2D eigenvalue weighted by Crippen LogP contribution is 2.23. The number of hydrogen-bond donors (Lipinski definition) is 1. The van der Waals surface area contributed by atoms with Gasteiger partial charge in [-0.3, -0.25) is 14.2 Å². The summed E-state index contributed by atoms with van der Waals surface area (Å²) in [5, 5.41) is 0.419. The lowest BCUT2D eigenvalue weighted by molar-refractivity contribution is 0.0687. The molecule has 2 aromatic carbocycles. The van der Waals surface area contributed by atoms with E-state index in [0.29, 0.717) is 23.7 Å². The average Bonchev–Trinajstić information content (AvgIpc) is 2.70. The largest absolute Gasteiger partial charge is 0.338 e. The zero-order valence-corrected chi connectivity index (χ0v) is 14.8. The van der Waals surface area contributed by atoms with Crippen molar-refractivity contribution in [3.8, 4) is 0 Å². The molecule has 1 aliphatic heterocycles. The lowest BCUT2D eigenvalue weighted by atomic mass is 10.0. The molecule has 0 saturated carbocycles. The molecular weight excluding hydrogens is 368 g/mol. The Hall–Kier alpha value is -3.29. The Kier molecular flexibility index (Phi) is 4.54. The molecule has 3 aromatic rings. The molecule has 0 atom stereocenters. The van der Waals surface area contributed by atoms with E-state index < -0.39 is 23.2 Å². The maximum Gasteiger partial charge on any atom is 0.329 e.